The molecule has 0 aromatic carbocycles. The van der Waals surface area contributed by atoms with Gasteiger partial charge in [0, 0.05) is 25.7 Å². The Morgan fingerprint density at radius 3 is 0.731 bits per heavy atom. The van der Waals surface area contributed by atoms with E-state index in [1.807, 2.05) is 0 Å². The second kappa shape index (κ2) is 64.7. The topological polar surface area (TPSA) is 237 Å². The molecule has 3 N–H and O–H groups in total. The summed E-state index contributed by atoms with van der Waals surface area (Å²) < 4.78 is 68.5. The Labute approximate surface area is 568 Å². The standard InChI is InChI=1S/C74H144O17P2/c1-8-9-10-11-12-13-14-15-16-17-22-28-35-43-50-57-73(78)90-69(61-84-71(76)55-48-41-34-27-23-18-20-25-31-38-45-52-65(2)3)63-88-92(80,81)86-59-68(75)60-87-93(82,83)89-64-70(62-85-72(77)56-49-42-37-30-33-40-47-54-67(6)7)91-74(79)58-51-44-36-29-24-19-21-26-32-39-46-53-66(4)5/h65-70,75H,8-64H2,1-7H3,(H,80,81)(H,82,83)/t68-,69-,70-/m1/s1. The number of phosphoric ester groups is 2. The largest absolute Gasteiger partial charge is 0.472 e. The van der Waals surface area contributed by atoms with Crippen LogP contribution in [0.4, 0.5) is 0 Å². The number of phosphoric acid groups is 2. The number of carbonyl (C=O) groups is 4. The Kier molecular flexibility index (Phi) is 63.4. The number of hydrogen-bond donors (Lipinski definition) is 3. The monoisotopic (exact) mass is 1370 g/mol. The van der Waals surface area contributed by atoms with E-state index in [4.69, 9.17) is 37.0 Å². The predicted molar refractivity (Wildman–Crippen MR) is 377 cm³/mol. The molecule has 0 aliphatic rings. The normalized spacial score (nSPS) is 14.1. The van der Waals surface area contributed by atoms with Crippen molar-refractivity contribution in [3.8, 4) is 0 Å². The fraction of sp³-hybridized carbons (Fsp3) is 0.946. The van der Waals surface area contributed by atoms with Gasteiger partial charge in [-0.3, -0.25) is 37.3 Å². The molecule has 0 fully saturated rings. The van der Waals surface area contributed by atoms with Crippen LogP contribution < -0.4 is 0 Å². The molecule has 0 rings (SSSR count). The molecule has 0 heterocycles. The Morgan fingerprint density at radius 1 is 0.290 bits per heavy atom. The summed E-state index contributed by atoms with van der Waals surface area (Å²) in [5.41, 5.74) is 0. The predicted octanol–water partition coefficient (Wildman–Crippen LogP) is 21.4. The second-order valence-corrected chi connectivity index (χ2v) is 31.0. The van der Waals surface area contributed by atoms with Gasteiger partial charge in [0.2, 0.25) is 0 Å². The van der Waals surface area contributed by atoms with Crippen molar-refractivity contribution in [1.29, 1.82) is 0 Å². The van der Waals surface area contributed by atoms with Crippen LogP contribution in [-0.2, 0) is 65.4 Å². The van der Waals surface area contributed by atoms with Gasteiger partial charge in [0.1, 0.15) is 19.3 Å². The molecule has 93 heavy (non-hydrogen) atoms. The summed E-state index contributed by atoms with van der Waals surface area (Å²) in [7, 11) is -9.91. The molecule has 0 saturated carbocycles. The molecule has 0 aromatic rings. The average Bonchev–Trinajstić information content (AvgIpc) is 2.42. The number of rotatable bonds is 72. The molecule has 0 amide bonds. The molecular formula is C74H144O17P2. The van der Waals surface area contributed by atoms with E-state index in [2.05, 4.69) is 48.5 Å². The summed E-state index contributed by atoms with van der Waals surface area (Å²) in [6.45, 7) is 11.8. The molecule has 2 unspecified atom stereocenters. The Balaban J connectivity index is 5.26. The molecule has 0 bridgehead atoms. The summed E-state index contributed by atoms with van der Waals surface area (Å²) in [5.74, 6) is 0.122. The molecule has 5 atom stereocenters. The lowest BCUT2D eigenvalue weighted by molar-refractivity contribution is -0.161. The average molecular weight is 1370 g/mol. The van der Waals surface area contributed by atoms with E-state index in [0.29, 0.717) is 31.6 Å². The molecular weight excluding hydrogens is 1220 g/mol. The molecule has 0 spiro atoms. The number of ether oxygens (including phenoxy) is 4. The first-order chi connectivity index (χ1) is 44.7. The Morgan fingerprint density at radius 2 is 0.495 bits per heavy atom. The second-order valence-electron chi connectivity index (χ2n) is 28.1. The van der Waals surface area contributed by atoms with Crippen LogP contribution >= 0.6 is 15.6 Å². The van der Waals surface area contributed by atoms with Crippen molar-refractivity contribution in [2.45, 2.75) is 394 Å². The van der Waals surface area contributed by atoms with E-state index >= 15 is 0 Å². The first-order valence-corrected chi connectivity index (χ1v) is 41.3. The number of aliphatic hydroxyl groups excluding tert-OH is 1. The zero-order chi connectivity index (χ0) is 68.7. The SMILES string of the molecule is CCCCCCCCCCCCCCCCCC(=O)O[C@H](COC(=O)CCCCCCCCCCCCCC(C)C)COP(=O)(O)OC[C@@H](O)COP(=O)(O)OC[C@@H](COC(=O)CCCCCCCCCC(C)C)OC(=O)CCCCCCCCCCCCCC(C)C. The fourth-order valence-corrected chi connectivity index (χ4v) is 12.8. The van der Waals surface area contributed by atoms with Crippen LogP contribution in [-0.4, -0.2) is 96.7 Å². The Hall–Kier alpha value is -1.94. The molecule has 19 heteroatoms. The van der Waals surface area contributed by atoms with Gasteiger partial charge in [-0.1, -0.05) is 325 Å². The van der Waals surface area contributed by atoms with Gasteiger partial charge in [-0.2, -0.15) is 0 Å². The fourth-order valence-electron chi connectivity index (χ4n) is 11.2. The third kappa shape index (κ3) is 68.4. The lowest BCUT2D eigenvalue weighted by Crippen LogP contribution is -2.30. The molecule has 552 valence electrons. The number of esters is 4. The number of hydrogen-bond acceptors (Lipinski definition) is 15. The lowest BCUT2D eigenvalue weighted by Gasteiger charge is -2.21. The maximum Gasteiger partial charge on any atom is 0.472 e. The summed E-state index contributed by atoms with van der Waals surface area (Å²) in [6.07, 6.45) is 49.9. The van der Waals surface area contributed by atoms with E-state index in [9.17, 15) is 43.2 Å². The van der Waals surface area contributed by atoms with Gasteiger partial charge in [-0.25, -0.2) is 9.13 Å². The van der Waals surface area contributed by atoms with Gasteiger partial charge < -0.3 is 33.8 Å². The number of carbonyl (C=O) groups excluding carboxylic acids is 4. The van der Waals surface area contributed by atoms with Gasteiger partial charge in [0.15, 0.2) is 12.2 Å². The third-order valence-corrected chi connectivity index (χ3v) is 19.0. The number of unbranched alkanes of at least 4 members (excludes halogenated alkanes) is 40. The van der Waals surface area contributed by atoms with Crippen molar-refractivity contribution in [3.05, 3.63) is 0 Å². The van der Waals surface area contributed by atoms with Crippen LogP contribution in [0.15, 0.2) is 0 Å². The molecule has 0 aromatic heterocycles. The minimum atomic E-state index is -4.96. The van der Waals surface area contributed by atoms with E-state index in [0.717, 1.165) is 108 Å². The van der Waals surface area contributed by atoms with Crippen LogP contribution in [0.3, 0.4) is 0 Å². The van der Waals surface area contributed by atoms with Crippen LogP contribution in [0.2, 0.25) is 0 Å². The Bertz CT molecular complexity index is 1820. The highest BCUT2D eigenvalue weighted by Crippen LogP contribution is 2.45. The summed E-state index contributed by atoms with van der Waals surface area (Å²) >= 11 is 0. The van der Waals surface area contributed by atoms with Crippen LogP contribution in [0, 0.1) is 17.8 Å². The first kappa shape index (κ1) is 91.1. The van der Waals surface area contributed by atoms with E-state index in [-0.39, 0.29) is 25.7 Å². The highest BCUT2D eigenvalue weighted by Gasteiger charge is 2.30. The van der Waals surface area contributed by atoms with Gasteiger partial charge in [-0.05, 0) is 43.4 Å². The van der Waals surface area contributed by atoms with Crippen LogP contribution in [0.25, 0.3) is 0 Å². The van der Waals surface area contributed by atoms with Crippen LogP contribution in [0.5, 0.6) is 0 Å². The zero-order valence-electron chi connectivity index (χ0n) is 60.7. The first-order valence-electron chi connectivity index (χ1n) is 38.3. The van der Waals surface area contributed by atoms with Crippen molar-refractivity contribution in [2.24, 2.45) is 17.8 Å². The van der Waals surface area contributed by atoms with Gasteiger partial charge in [0.05, 0.1) is 26.4 Å². The minimum Gasteiger partial charge on any atom is -0.462 e. The molecule has 0 aliphatic carbocycles. The van der Waals surface area contributed by atoms with E-state index < -0.39 is 97.5 Å². The zero-order valence-corrected chi connectivity index (χ0v) is 62.5. The maximum atomic E-state index is 13.1. The summed E-state index contributed by atoms with van der Waals surface area (Å²) in [4.78, 5) is 72.7. The maximum absolute atomic E-state index is 13.1. The van der Waals surface area contributed by atoms with Gasteiger partial charge in [-0.15, -0.1) is 0 Å². The lowest BCUT2D eigenvalue weighted by atomic mass is 10.0. The molecule has 17 nitrogen and oxygen atoms in total. The smallest absolute Gasteiger partial charge is 0.462 e. The van der Waals surface area contributed by atoms with E-state index in [1.54, 1.807) is 0 Å². The quantitative estimate of drug-likeness (QED) is 0.0222. The highest BCUT2D eigenvalue weighted by atomic mass is 31.2. The van der Waals surface area contributed by atoms with Crippen molar-refractivity contribution in [2.75, 3.05) is 39.6 Å². The van der Waals surface area contributed by atoms with Crippen molar-refractivity contribution in [3.63, 3.8) is 0 Å². The minimum absolute atomic E-state index is 0.105. The summed E-state index contributed by atoms with van der Waals surface area (Å²) in [6, 6.07) is 0. The number of aliphatic hydroxyl groups is 1. The van der Waals surface area contributed by atoms with Gasteiger partial charge in [0.25, 0.3) is 0 Å². The molecule has 0 saturated heterocycles. The van der Waals surface area contributed by atoms with Gasteiger partial charge >= 0.3 is 39.5 Å². The van der Waals surface area contributed by atoms with Crippen LogP contribution in [0.1, 0.15) is 376 Å². The van der Waals surface area contributed by atoms with Crippen molar-refractivity contribution in [1.82, 2.24) is 0 Å². The van der Waals surface area contributed by atoms with E-state index in [1.165, 1.54) is 180 Å². The molecule has 0 radical (unpaired) electrons. The highest BCUT2D eigenvalue weighted by molar-refractivity contribution is 7.47. The summed E-state index contributed by atoms with van der Waals surface area (Å²) in [5, 5.41) is 10.6. The van der Waals surface area contributed by atoms with Crippen molar-refractivity contribution < 1.29 is 80.2 Å². The van der Waals surface area contributed by atoms with Crippen molar-refractivity contribution >= 4 is 39.5 Å². The third-order valence-electron chi connectivity index (χ3n) is 17.1. The molecule has 0 aliphatic heterocycles.